The van der Waals surface area contributed by atoms with E-state index in [1.54, 1.807) is 0 Å². The van der Waals surface area contributed by atoms with Gasteiger partial charge in [-0.25, -0.2) is 0 Å². The predicted molar refractivity (Wildman–Crippen MR) is 87.9 cm³/mol. The zero-order valence-electron chi connectivity index (χ0n) is 12.5. The summed E-state index contributed by atoms with van der Waals surface area (Å²) in [7, 11) is 0. The van der Waals surface area contributed by atoms with Gasteiger partial charge in [-0.3, -0.25) is 9.59 Å². The van der Waals surface area contributed by atoms with Crippen molar-refractivity contribution < 1.29 is 14.7 Å². The average molecular weight is 307 g/mol. The Morgan fingerprint density at radius 1 is 0.957 bits per heavy atom. The molecule has 2 aromatic rings. The molecule has 0 aliphatic heterocycles. The lowest BCUT2D eigenvalue weighted by atomic mass is 9.82. The molecule has 4 heteroatoms. The maximum atomic E-state index is 12.8. The molecular formula is C19H17NO3. The average Bonchev–Trinajstić information content (AvgIpc) is 3.16. The number of carboxylic acid groups (broad SMARTS) is 1. The van der Waals surface area contributed by atoms with E-state index in [0.29, 0.717) is 0 Å². The van der Waals surface area contributed by atoms with E-state index < -0.39 is 17.8 Å². The SMILES string of the molecule is O=C(Nc1cccc2ccccc12)[C@@H]1[C@H](C(=O)O)[C@@H]2C=C[C@H]1C2. The number of fused-ring (bicyclic) bond motifs is 3. The topological polar surface area (TPSA) is 66.4 Å². The molecule has 0 saturated heterocycles. The summed E-state index contributed by atoms with van der Waals surface area (Å²) in [6.45, 7) is 0. The molecular weight excluding hydrogens is 290 g/mol. The summed E-state index contributed by atoms with van der Waals surface area (Å²) in [5.41, 5.74) is 0.740. The number of benzene rings is 2. The van der Waals surface area contributed by atoms with Gasteiger partial charge in [0.2, 0.25) is 5.91 Å². The smallest absolute Gasteiger partial charge is 0.307 e. The van der Waals surface area contributed by atoms with Crippen LogP contribution in [0, 0.1) is 23.7 Å². The Hall–Kier alpha value is -2.62. The number of anilines is 1. The van der Waals surface area contributed by atoms with E-state index in [2.05, 4.69) is 5.32 Å². The number of carbonyl (C=O) groups excluding carboxylic acids is 1. The number of nitrogens with one attached hydrogen (secondary N) is 1. The van der Waals surface area contributed by atoms with Crippen LogP contribution in [-0.2, 0) is 9.59 Å². The summed E-state index contributed by atoms with van der Waals surface area (Å²) < 4.78 is 0. The highest BCUT2D eigenvalue weighted by Gasteiger charge is 2.51. The minimum Gasteiger partial charge on any atom is -0.481 e. The van der Waals surface area contributed by atoms with Gasteiger partial charge in [0.15, 0.2) is 0 Å². The summed E-state index contributed by atoms with van der Waals surface area (Å²) in [5.74, 6) is -2.14. The molecule has 2 aromatic carbocycles. The highest BCUT2D eigenvalue weighted by molar-refractivity contribution is 6.04. The fraction of sp³-hybridized carbons (Fsp3) is 0.263. The molecule has 23 heavy (non-hydrogen) atoms. The van der Waals surface area contributed by atoms with Crippen LogP contribution in [0.1, 0.15) is 6.42 Å². The number of aliphatic carboxylic acids is 1. The van der Waals surface area contributed by atoms with Crippen LogP contribution in [0.25, 0.3) is 10.8 Å². The zero-order chi connectivity index (χ0) is 16.0. The van der Waals surface area contributed by atoms with Gasteiger partial charge in [-0.1, -0.05) is 48.6 Å². The highest BCUT2D eigenvalue weighted by Crippen LogP contribution is 2.48. The molecule has 0 spiro atoms. The molecule has 1 fully saturated rings. The lowest BCUT2D eigenvalue weighted by Crippen LogP contribution is -2.36. The quantitative estimate of drug-likeness (QED) is 0.855. The van der Waals surface area contributed by atoms with Crippen molar-refractivity contribution in [2.24, 2.45) is 23.7 Å². The van der Waals surface area contributed by atoms with E-state index in [9.17, 15) is 14.7 Å². The van der Waals surface area contributed by atoms with Gasteiger partial charge < -0.3 is 10.4 Å². The number of amides is 1. The Labute approximate surface area is 133 Å². The molecule has 2 aliphatic carbocycles. The summed E-state index contributed by atoms with van der Waals surface area (Å²) in [5, 5.41) is 14.5. The third-order valence-corrected chi connectivity index (χ3v) is 5.09. The van der Waals surface area contributed by atoms with Crippen LogP contribution in [0.2, 0.25) is 0 Å². The lowest BCUT2D eigenvalue weighted by molar-refractivity contribution is -0.146. The molecule has 0 heterocycles. The van der Waals surface area contributed by atoms with Crippen LogP contribution in [0.15, 0.2) is 54.6 Å². The molecule has 4 nitrogen and oxygen atoms in total. The fourth-order valence-electron chi connectivity index (χ4n) is 4.07. The van der Waals surface area contributed by atoms with Gasteiger partial charge in [0.1, 0.15) is 0 Å². The second-order valence-corrected chi connectivity index (χ2v) is 6.35. The van der Waals surface area contributed by atoms with Crippen LogP contribution >= 0.6 is 0 Å². The van der Waals surface area contributed by atoms with Crippen LogP contribution in [0.5, 0.6) is 0 Å². The number of carboxylic acids is 1. The van der Waals surface area contributed by atoms with E-state index in [0.717, 1.165) is 22.9 Å². The fourth-order valence-corrected chi connectivity index (χ4v) is 4.07. The molecule has 2 aliphatic rings. The highest BCUT2D eigenvalue weighted by atomic mass is 16.4. The number of allylic oxidation sites excluding steroid dienone is 2. The van der Waals surface area contributed by atoms with Crippen molar-refractivity contribution in [3.63, 3.8) is 0 Å². The van der Waals surface area contributed by atoms with Crippen LogP contribution in [-0.4, -0.2) is 17.0 Å². The standard InChI is InChI=1S/C19H17NO3/c21-18(16-12-8-9-13(10-12)17(16)19(22)23)20-15-7-3-5-11-4-1-2-6-14(11)15/h1-9,12-13,16-17H,10H2,(H,20,21)(H,22,23)/t12-,13+,16-,17+/m0/s1. The first-order valence-corrected chi connectivity index (χ1v) is 7.85. The van der Waals surface area contributed by atoms with Gasteiger partial charge in [0.05, 0.1) is 11.8 Å². The van der Waals surface area contributed by atoms with Crippen molar-refractivity contribution in [1.29, 1.82) is 0 Å². The minimum atomic E-state index is -0.875. The third-order valence-electron chi connectivity index (χ3n) is 5.09. The Bertz CT molecular complexity index is 821. The Balaban J connectivity index is 1.65. The number of carbonyl (C=O) groups is 2. The van der Waals surface area contributed by atoms with Crippen molar-refractivity contribution in [2.75, 3.05) is 5.32 Å². The molecule has 2 N–H and O–H groups in total. The van der Waals surface area contributed by atoms with Crippen molar-refractivity contribution in [3.05, 3.63) is 54.6 Å². The number of rotatable bonds is 3. The van der Waals surface area contributed by atoms with Gasteiger partial charge in [-0.2, -0.15) is 0 Å². The predicted octanol–water partition coefficient (Wildman–Crippen LogP) is 3.30. The maximum Gasteiger partial charge on any atom is 0.307 e. The normalized spacial score (nSPS) is 28.2. The maximum absolute atomic E-state index is 12.8. The van der Waals surface area contributed by atoms with Gasteiger partial charge >= 0.3 is 5.97 Å². The lowest BCUT2D eigenvalue weighted by Gasteiger charge is -2.24. The molecule has 0 radical (unpaired) electrons. The van der Waals surface area contributed by atoms with Gasteiger partial charge in [-0.05, 0) is 29.7 Å². The van der Waals surface area contributed by atoms with E-state index in [4.69, 9.17) is 0 Å². The molecule has 0 aromatic heterocycles. The molecule has 0 unspecified atom stereocenters. The van der Waals surface area contributed by atoms with E-state index in [1.807, 2.05) is 54.6 Å². The molecule has 2 bridgehead atoms. The minimum absolute atomic E-state index is 0.0132. The molecule has 1 amide bonds. The second kappa shape index (κ2) is 5.23. The summed E-state index contributed by atoms with van der Waals surface area (Å²) in [6, 6.07) is 13.6. The first-order chi connectivity index (χ1) is 11.1. The molecule has 1 saturated carbocycles. The van der Waals surface area contributed by atoms with Crippen LogP contribution in [0.3, 0.4) is 0 Å². The van der Waals surface area contributed by atoms with Crippen LogP contribution in [0.4, 0.5) is 5.69 Å². The van der Waals surface area contributed by atoms with E-state index in [1.165, 1.54) is 0 Å². The molecule has 116 valence electrons. The largest absolute Gasteiger partial charge is 0.481 e. The first kappa shape index (κ1) is 14.0. The van der Waals surface area contributed by atoms with Gasteiger partial charge in [0, 0.05) is 11.1 Å². The van der Waals surface area contributed by atoms with E-state index >= 15 is 0 Å². The van der Waals surface area contributed by atoms with Crippen molar-refractivity contribution in [2.45, 2.75) is 6.42 Å². The second-order valence-electron chi connectivity index (χ2n) is 6.35. The van der Waals surface area contributed by atoms with Gasteiger partial charge in [-0.15, -0.1) is 0 Å². The van der Waals surface area contributed by atoms with Crippen LogP contribution < -0.4 is 5.32 Å². The Morgan fingerprint density at radius 3 is 2.43 bits per heavy atom. The summed E-state index contributed by atoms with van der Waals surface area (Å²) in [6.07, 6.45) is 4.72. The number of hydrogen-bond acceptors (Lipinski definition) is 2. The Morgan fingerprint density at radius 2 is 1.65 bits per heavy atom. The van der Waals surface area contributed by atoms with E-state index in [-0.39, 0.29) is 17.7 Å². The summed E-state index contributed by atoms with van der Waals surface area (Å²) in [4.78, 5) is 24.3. The summed E-state index contributed by atoms with van der Waals surface area (Å²) >= 11 is 0. The third kappa shape index (κ3) is 2.22. The van der Waals surface area contributed by atoms with Gasteiger partial charge in [0.25, 0.3) is 0 Å². The first-order valence-electron chi connectivity index (χ1n) is 7.85. The van der Waals surface area contributed by atoms with Crippen molar-refractivity contribution in [1.82, 2.24) is 0 Å². The van der Waals surface area contributed by atoms with Crippen molar-refractivity contribution >= 4 is 28.3 Å². The molecule has 4 atom stereocenters. The monoisotopic (exact) mass is 307 g/mol. The van der Waals surface area contributed by atoms with Crippen molar-refractivity contribution in [3.8, 4) is 0 Å². The zero-order valence-corrected chi connectivity index (χ0v) is 12.5. The number of hydrogen-bond donors (Lipinski definition) is 2. The molecule has 4 rings (SSSR count). The Kier molecular flexibility index (Phi) is 3.18.